The first-order valence-corrected chi connectivity index (χ1v) is 5.08. The van der Waals surface area contributed by atoms with Gasteiger partial charge in [-0.25, -0.2) is 4.98 Å². The number of imidazole rings is 1. The number of anilines is 1. The van der Waals surface area contributed by atoms with Gasteiger partial charge in [-0.3, -0.25) is 10.1 Å². The Labute approximate surface area is 97.9 Å². The molecule has 0 radical (unpaired) electrons. The van der Waals surface area contributed by atoms with Crippen LogP contribution in [0.5, 0.6) is 0 Å². The third kappa shape index (κ3) is 2.25. The number of nitro benzene ring substituents is 1. The summed E-state index contributed by atoms with van der Waals surface area (Å²) < 4.78 is 1.95. The van der Waals surface area contributed by atoms with E-state index in [1.54, 1.807) is 18.3 Å². The molecular weight excluding hydrogens is 220 g/mol. The van der Waals surface area contributed by atoms with E-state index in [0.29, 0.717) is 6.54 Å². The van der Waals surface area contributed by atoms with Crippen LogP contribution in [-0.2, 0) is 6.54 Å². The van der Waals surface area contributed by atoms with Crippen LogP contribution in [0.3, 0.4) is 0 Å². The van der Waals surface area contributed by atoms with E-state index >= 15 is 0 Å². The number of benzene rings is 1. The summed E-state index contributed by atoms with van der Waals surface area (Å²) in [7, 11) is 0. The van der Waals surface area contributed by atoms with Gasteiger partial charge in [0.1, 0.15) is 11.5 Å². The number of nitrogen functional groups attached to an aromatic ring is 1. The summed E-state index contributed by atoms with van der Waals surface area (Å²) in [6, 6.07) is 4.75. The Hall–Kier alpha value is -2.37. The van der Waals surface area contributed by atoms with Crippen LogP contribution >= 0.6 is 0 Å². The quantitative estimate of drug-likeness (QED) is 0.496. The molecule has 0 spiro atoms. The zero-order valence-electron chi connectivity index (χ0n) is 9.33. The van der Waals surface area contributed by atoms with Crippen molar-refractivity contribution in [2.45, 2.75) is 13.5 Å². The van der Waals surface area contributed by atoms with Crippen molar-refractivity contribution in [3.63, 3.8) is 0 Å². The highest BCUT2D eigenvalue weighted by molar-refractivity contribution is 5.59. The largest absolute Gasteiger partial charge is 0.393 e. The monoisotopic (exact) mass is 232 g/mol. The molecule has 1 aromatic carbocycles. The van der Waals surface area contributed by atoms with Crippen LogP contribution in [0.25, 0.3) is 0 Å². The molecule has 0 bridgehead atoms. The fraction of sp³-hybridized carbons (Fsp3) is 0.182. The molecular formula is C11H12N4O2. The van der Waals surface area contributed by atoms with Crippen molar-refractivity contribution >= 4 is 11.4 Å². The van der Waals surface area contributed by atoms with Gasteiger partial charge in [0.15, 0.2) is 0 Å². The molecule has 6 heteroatoms. The van der Waals surface area contributed by atoms with Crippen molar-refractivity contribution in [3.8, 4) is 0 Å². The number of nitrogens with two attached hydrogens (primary N) is 1. The van der Waals surface area contributed by atoms with Crippen LogP contribution in [0.2, 0.25) is 0 Å². The van der Waals surface area contributed by atoms with Gasteiger partial charge in [0.25, 0.3) is 5.69 Å². The molecule has 0 amide bonds. The van der Waals surface area contributed by atoms with Crippen LogP contribution in [0.15, 0.2) is 30.6 Å². The molecule has 0 saturated carbocycles. The zero-order chi connectivity index (χ0) is 12.4. The van der Waals surface area contributed by atoms with E-state index in [9.17, 15) is 10.1 Å². The van der Waals surface area contributed by atoms with Crippen molar-refractivity contribution < 1.29 is 4.92 Å². The van der Waals surface area contributed by atoms with E-state index in [0.717, 1.165) is 11.4 Å². The van der Waals surface area contributed by atoms with Gasteiger partial charge in [-0.15, -0.1) is 0 Å². The lowest BCUT2D eigenvalue weighted by Gasteiger charge is -2.06. The third-order valence-corrected chi connectivity index (χ3v) is 2.57. The molecule has 0 saturated heterocycles. The van der Waals surface area contributed by atoms with Gasteiger partial charge in [0.05, 0.1) is 4.92 Å². The molecule has 1 aromatic heterocycles. The number of hydrogen-bond donors (Lipinski definition) is 1. The fourth-order valence-corrected chi connectivity index (χ4v) is 1.64. The zero-order valence-corrected chi connectivity index (χ0v) is 9.33. The summed E-state index contributed by atoms with van der Waals surface area (Å²) in [5.41, 5.74) is 6.66. The van der Waals surface area contributed by atoms with Gasteiger partial charge in [-0.2, -0.15) is 0 Å². The molecule has 0 aliphatic carbocycles. The second-order valence-corrected chi connectivity index (χ2v) is 3.75. The highest BCUT2D eigenvalue weighted by Gasteiger charge is 2.11. The topological polar surface area (TPSA) is 87.0 Å². The van der Waals surface area contributed by atoms with Crippen molar-refractivity contribution in [2.75, 3.05) is 5.73 Å². The number of hydrogen-bond acceptors (Lipinski definition) is 4. The number of nitro groups is 1. The van der Waals surface area contributed by atoms with Crippen molar-refractivity contribution in [1.29, 1.82) is 0 Å². The van der Waals surface area contributed by atoms with Gasteiger partial charge in [-0.05, 0) is 18.6 Å². The highest BCUT2D eigenvalue weighted by atomic mass is 16.6. The Balaban J connectivity index is 2.27. The Bertz CT molecular complexity index is 562. The molecule has 0 aliphatic rings. The molecule has 0 unspecified atom stereocenters. The van der Waals surface area contributed by atoms with E-state index in [4.69, 9.17) is 5.73 Å². The lowest BCUT2D eigenvalue weighted by Crippen LogP contribution is -2.02. The second kappa shape index (κ2) is 4.25. The van der Waals surface area contributed by atoms with Gasteiger partial charge in [0.2, 0.25) is 0 Å². The predicted molar refractivity (Wildman–Crippen MR) is 63.6 cm³/mol. The molecule has 6 nitrogen and oxygen atoms in total. The van der Waals surface area contributed by atoms with Crippen LogP contribution in [0, 0.1) is 17.0 Å². The lowest BCUT2D eigenvalue weighted by atomic mass is 10.1. The van der Waals surface area contributed by atoms with Gasteiger partial charge < -0.3 is 10.3 Å². The predicted octanol–water partition coefficient (Wildman–Crippen LogP) is 1.73. The Kier molecular flexibility index (Phi) is 2.78. The first-order valence-electron chi connectivity index (χ1n) is 5.08. The minimum atomic E-state index is -0.485. The van der Waals surface area contributed by atoms with Crippen molar-refractivity contribution in [1.82, 2.24) is 9.55 Å². The van der Waals surface area contributed by atoms with Crippen LogP contribution < -0.4 is 5.73 Å². The van der Waals surface area contributed by atoms with E-state index in [1.165, 1.54) is 6.07 Å². The highest BCUT2D eigenvalue weighted by Crippen LogP contribution is 2.22. The lowest BCUT2D eigenvalue weighted by molar-refractivity contribution is -0.383. The molecule has 2 rings (SSSR count). The van der Waals surface area contributed by atoms with Crippen LogP contribution in [-0.4, -0.2) is 14.5 Å². The van der Waals surface area contributed by atoms with Crippen molar-refractivity contribution in [2.24, 2.45) is 0 Å². The molecule has 0 fully saturated rings. The third-order valence-electron chi connectivity index (χ3n) is 2.57. The van der Waals surface area contributed by atoms with E-state index in [-0.39, 0.29) is 11.4 Å². The van der Waals surface area contributed by atoms with E-state index < -0.39 is 4.92 Å². The number of nitrogens with zero attached hydrogens (tertiary/aromatic N) is 3. The molecule has 2 N–H and O–H groups in total. The van der Waals surface area contributed by atoms with Gasteiger partial charge >= 0.3 is 0 Å². The van der Waals surface area contributed by atoms with Gasteiger partial charge in [-0.1, -0.05) is 6.07 Å². The Morgan fingerprint density at radius 3 is 2.82 bits per heavy atom. The summed E-state index contributed by atoms with van der Waals surface area (Å²) in [6.07, 6.45) is 3.57. The summed E-state index contributed by atoms with van der Waals surface area (Å²) >= 11 is 0. The average molecular weight is 232 g/mol. The maximum atomic E-state index is 10.6. The molecule has 0 aliphatic heterocycles. The molecule has 0 atom stereocenters. The number of rotatable bonds is 3. The first-order chi connectivity index (χ1) is 8.08. The average Bonchev–Trinajstić information content (AvgIpc) is 2.64. The molecule has 1 heterocycles. The SMILES string of the molecule is Cc1nccn1Cc1ccc([N+](=O)[O-])c(N)c1. The Morgan fingerprint density at radius 1 is 1.53 bits per heavy atom. The minimum absolute atomic E-state index is 0.0592. The van der Waals surface area contributed by atoms with Crippen LogP contribution in [0.4, 0.5) is 11.4 Å². The standard InChI is InChI=1S/C11H12N4O2/c1-8-13-4-5-14(8)7-9-2-3-11(15(16)17)10(12)6-9/h2-6H,7,12H2,1H3. The van der Waals surface area contributed by atoms with Gasteiger partial charge in [0, 0.05) is 25.0 Å². The fourth-order valence-electron chi connectivity index (χ4n) is 1.64. The van der Waals surface area contributed by atoms with Crippen LogP contribution in [0.1, 0.15) is 11.4 Å². The maximum absolute atomic E-state index is 10.6. The normalized spacial score (nSPS) is 10.4. The molecule has 88 valence electrons. The summed E-state index contributed by atoms with van der Waals surface area (Å²) in [5.74, 6) is 0.891. The van der Waals surface area contributed by atoms with Crippen molar-refractivity contribution in [3.05, 3.63) is 52.1 Å². The number of aryl methyl sites for hydroxylation is 1. The van der Waals surface area contributed by atoms with E-state index in [2.05, 4.69) is 4.98 Å². The smallest absolute Gasteiger partial charge is 0.292 e. The van der Waals surface area contributed by atoms with E-state index in [1.807, 2.05) is 17.7 Å². The maximum Gasteiger partial charge on any atom is 0.292 e. The Morgan fingerprint density at radius 2 is 2.29 bits per heavy atom. The summed E-state index contributed by atoms with van der Waals surface area (Å²) in [4.78, 5) is 14.2. The molecule has 2 aromatic rings. The molecule has 17 heavy (non-hydrogen) atoms. The number of aromatic nitrogens is 2. The first kappa shape index (κ1) is 11.1. The minimum Gasteiger partial charge on any atom is -0.393 e. The summed E-state index contributed by atoms with van der Waals surface area (Å²) in [5, 5.41) is 10.6. The second-order valence-electron chi connectivity index (χ2n) is 3.75. The summed E-state index contributed by atoms with van der Waals surface area (Å²) in [6.45, 7) is 2.50.